The van der Waals surface area contributed by atoms with Gasteiger partial charge < -0.3 is 60.1 Å². The summed E-state index contributed by atoms with van der Waals surface area (Å²) >= 11 is 0. The number of imidazole rings is 1. The number of pyridine rings is 1. The smallest absolute Gasteiger partial charge is 0.480 e. The second kappa shape index (κ2) is 35.9. The number of H-pyrrole nitrogens is 1. The van der Waals surface area contributed by atoms with Gasteiger partial charge in [0.05, 0.1) is 74.5 Å². The molecule has 6 rings (SSSR count). The molecule has 3 heterocycles. The van der Waals surface area contributed by atoms with Crippen LogP contribution in [0.2, 0.25) is 0 Å². The third kappa shape index (κ3) is 23.9. The SMILES string of the molecule is Cn1cc(C(=O)NCC(NS(=O)(=O)c2ccc(-c3ccc(S(=O)(=O)NCCCOCCOCCOCCNC(=O)CN4CCN(CC(=O)O)CCN(CC(=O)O)CCN(CC(=O)O)CC4)cc3)cc2)C(=O)O)c(=O)c2ccc(CNc3ncc[nH]3)cc21.[In+3]. The Morgan fingerprint density at radius 3 is 1.64 bits per heavy atom. The van der Waals surface area contributed by atoms with Gasteiger partial charge in [-0.1, -0.05) is 30.3 Å². The summed E-state index contributed by atoms with van der Waals surface area (Å²) in [6, 6.07) is 14.6. The van der Waals surface area contributed by atoms with Crippen molar-refractivity contribution in [2.45, 2.75) is 28.8 Å². The van der Waals surface area contributed by atoms with Gasteiger partial charge in [0.2, 0.25) is 31.4 Å². The van der Waals surface area contributed by atoms with Crippen molar-refractivity contribution in [3.8, 4) is 11.1 Å². The number of aliphatic carboxylic acids is 4. The van der Waals surface area contributed by atoms with Crippen molar-refractivity contribution in [1.29, 1.82) is 0 Å². The van der Waals surface area contributed by atoms with E-state index in [1.54, 1.807) is 69.0 Å². The molecule has 1 saturated heterocycles. The number of carboxylic acid groups (broad SMARTS) is 4. The normalized spacial score (nSPS) is 14.6. The van der Waals surface area contributed by atoms with Crippen molar-refractivity contribution in [1.82, 2.24) is 54.2 Å². The number of sulfonamides is 2. The Bertz CT molecular complexity index is 3370. The van der Waals surface area contributed by atoms with Gasteiger partial charge in [-0.15, -0.1) is 0 Å². The molecule has 3 aromatic carbocycles. The van der Waals surface area contributed by atoms with Gasteiger partial charge in [0.1, 0.15) is 11.6 Å². The summed E-state index contributed by atoms with van der Waals surface area (Å²) in [6.07, 6.45) is 4.95. The maximum atomic E-state index is 13.4. The molecular formula is C55H74InN12O18S2+3. The molecule has 0 saturated carbocycles. The third-order valence-corrected chi connectivity index (χ3v) is 16.6. The number of ether oxygens (including phenoxy) is 3. The topological polar surface area (TPSA) is 403 Å². The predicted octanol–water partition coefficient (Wildman–Crippen LogP) is -1.37. The first-order chi connectivity index (χ1) is 41.6. The van der Waals surface area contributed by atoms with Gasteiger partial charge in [0.25, 0.3) is 5.91 Å². The Hall–Kier alpha value is -6.89. The number of aromatic nitrogens is 3. The first-order valence-corrected chi connectivity index (χ1v) is 30.7. The maximum Gasteiger partial charge on any atom is 3.00 e. The van der Waals surface area contributed by atoms with Crippen LogP contribution in [0.15, 0.2) is 99.9 Å². The number of amides is 2. The van der Waals surface area contributed by atoms with E-state index in [1.807, 2.05) is 4.90 Å². The fourth-order valence-corrected chi connectivity index (χ4v) is 11.3. The van der Waals surface area contributed by atoms with Gasteiger partial charge in [0.15, 0.2) is 5.95 Å². The summed E-state index contributed by atoms with van der Waals surface area (Å²) in [4.78, 5) is 99.8. The number of aryl methyl sites for hydroxylation is 1. The van der Waals surface area contributed by atoms with Gasteiger partial charge >= 0.3 is 49.7 Å². The molecule has 10 N–H and O–H groups in total. The van der Waals surface area contributed by atoms with Crippen molar-refractivity contribution in [2.75, 3.05) is 143 Å². The quantitative estimate of drug-likeness (QED) is 0.0212. The maximum absolute atomic E-state index is 13.4. The van der Waals surface area contributed by atoms with E-state index < -0.39 is 67.8 Å². The predicted molar refractivity (Wildman–Crippen MR) is 321 cm³/mol. The molecule has 0 bridgehead atoms. The Morgan fingerprint density at radius 1 is 0.636 bits per heavy atom. The molecule has 0 spiro atoms. The molecule has 5 aromatic rings. The van der Waals surface area contributed by atoms with Gasteiger partial charge in [-0.3, -0.25) is 53.2 Å². The number of rotatable bonds is 34. The molecule has 2 aromatic heterocycles. The van der Waals surface area contributed by atoms with Gasteiger partial charge in [-0.25, -0.2) is 26.5 Å². The average Bonchev–Trinajstić information content (AvgIpc) is 2.01. The number of fused-ring (bicyclic) bond motifs is 1. The van der Waals surface area contributed by atoms with E-state index in [9.17, 15) is 70.8 Å². The molecule has 0 radical (unpaired) electrons. The number of carboxylic acids is 4. The number of hydrogen-bond donors (Lipinski definition) is 10. The van der Waals surface area contributed by atoms with Crippen molar-refractivity contribution in [3.63, 3.8) is 0 Å². The molecule has 474 valence electrons. The van der Waals surface area contributed by atoms with Crippen LogP contribution in [-0.4, -0.2) is 277 Å². The van der Waals surface area contributed by atoms with Gasteiger partial charge in [-0.2, -0.15) is 4.72 Å². The second-order valence-corrected chi connectivity index (χ2v) is 23.6. The molecule has 2 amide bonds. The van der Waals surface area contributed by atoms with E-state index in [0.717, 1.165) is 5.56 Å². The van der Waals surface area contributed by atoms with Gasteiger partial charge in [-0.05, 0) is 59.5 Å². The minimum atomic E-state index is -4.45. The molecule has 33 heteroatoms. The number of nitrogens with one attached hydrogen (secondary N) is 6. The zero-order valence-electron chi connectivity index (χ0n) is 48.5. The Morgan fingerprint density at radius 2 is 1.14 bits per heavy atom. The van der Waals surface area contributed by atoms with Crippen molar-refractivity contribution in [2.24, 2.45) is 7.05 Å². The number of carbonyl (C=O) groups is 6. The zero-order valence-corrected chi connectivity index (χ0v) is 53.4. The number of anilines is 1. The van der Waals surface area contributed by atoms with Crippen LogP contribution in [0.5, 0.6) is 0 Å². The molecule has 1 fully saturated rings. The summed E-state index contributed by atoms with van der Waals surface area (Å²) in [5.74, 6) is -5.36. The number of carbonyl (C=O) groups excluding carboxylic acids is 2. The van der Waals surface area contributed by atoms with E-state index in [1.165, 1.54) is 42.6 Å². The first kappa shape index (κ1) is 71.9. The molecular weight excluding hydrogens is 1300 g/mol. The van der Waals surface area contributed by atoms with E-state index >= 15 is 0 Å². The minimum Gasteiger partial charge on any atom is -0.480 e. The number of nitrogens with zero attached hydrogens (tertiary/aromatic N) is 6. The van der Waals surface area contributed by atoms with E-state index in [2.05, 4.69) is 35.4 Å². The summed E-state index contributed by atoms with van der Waals surface area (Å²) in [6.45, 7) is 2.81. The molecule has 30 nitrogen and oxygen atoms in total. The number of aromatic amines is 1. The van der Waals surface area contributed by atoms with Crippen LogP contribution in [-0.2, 0) is 71.8 Å². The standard InChI is InChI=1S/C55H74N12O18S2.In/c1-63-34-45(52(75)44-12-3-39(31-47(44)63)32-60-55-57-14-15-58-55)53(76)59-33-46(54(77)78)62-87(81,82)43-10-6-41(7-11-43)40-4-8-42(9-5-40)86(79,80)61-13-2-25-83-27-29-85-30-28-84-26-16-56-48(68)35-64-17-19-65(36-49(69)70)21-23-67(38-51(73)74)24-22-66(20-18-64)37-50(71)72;/h3-12,14-15,31,34,46,61-62H,2,13,16-30,32-33,35-38H2,1H3,(H,56,68)(H,59,76)(H,69,70)(H,71,72)(H,73,74)(H,77,78)(H2,57,58,60);/q;+3. The van der Waals surface area contributed by atoms with Crippen LogP contribution in [0.1, 0.15) is 22.3 Å². The first-order valence-electron chi connectivity index (χ1n) is 27.7. The number of hydrogen-bond acceptors (Lipinski definition) is 20. The summed E-state index contributed by atoms with van der Waals surface area (Å²) in [5, 5.41) is 46.6. The Balaban J connectivity index is 0.0000141. The van der Waals surface area contributed by atoms with Crippen LogP contribution in [0, 0.1) is 0 Å². The van der Waals surface area contributed by atoms with Crippen LogP contribution >= 0.6 is 0 Å². The Kier molecular flexibility index (Phi) is 29.3. The molecule has 1 aliphatic heterocycles. The third-order valence-electron chi connectivity index (χ3n) is 13.6. The van der Waals surface area contributed by atoms with Crippen LogP contribution in [0.4, 0.5) is 5.95 Å². The van der Waals surface area contributed by atoms with Crippen LogP contribution in [0.25, 0.3) is 22.0 Å². The zero-order chi connectivity index (χ0) is 62.9. The molecule has 1 atom stereocenters. The summed E-state index contributed by atoms with van der Waals surface area (Å²) in [7, 11) is -6.71. The molecule has 1 unspecified atom stereocenters. The van der Waals surface area contributed by atoms with E-state index in [4.69, 9.17) is 14.2 Å². The number of benzene rings is 3. The van der Waals surface area contributed by atoms with Crippen molar-refractivity contribution in [3.05, 3.63) is 107 Å². The average molecular weight is 1370 g/mol. The fourth-order valence-electron chi connectivity index (χ4n) is 9.04. The van der Waals surface area contributed by atoms with Crippen molar-refractivity contribution >= 4 is 98.4 Å². The van der Waals surface area contributed by atoms with Crippen molar-refractivity contribution < 1.29 is 80.2 Å². The minimum absolute atomic E-state index is 0. The van der Waals surface area contributed by atoms with Crippen LogP contribution < -0.4 is 30.8 Å². The second-order valence-electron chi connectivity index (χ2n) is 20.1. The van der Waals surface area contributed by atoms with Crippen LogP contribution in [0.3, 0.4) is 0 Å². The van der Waals surface area contributed by atoms with E-state index in [0.29, 0.717) is 48.6 Å². The fraction of sp³-hybridized carbons (Fsp3) is 0.455. The Labute approximate surface area is 526 Å². The summed E-state index contributed by atoms with van der Waals surface area (Å²) < 4.78 is 75.6. The monoisotopic (exact) mass is 1370 g/mol. The molecule has 88 heavy (non-hydrogen) atoms. The molecule has 0 aliphatic carbocycles. The largest absolute Gasteiger partial charge is 3.00 e. The van der Waals surface area contributed by atoms with E-state index in [-0.39, 0.29) is 171 Å². The van der Waals surface area contributed by atoms with Gasteiger partial charge in [0, 0.05) is 116 Å². The molecule has 1 aliphatic rings. The summed E-state index contributed by atoms with van der Waals surface area (Å²) in [5.41, 5.74) is 1.58.